The monoisotopic (exact) mass is 434 g/mol. The Hall–Kier alpha value is -3.11. The van der Waals surface area contributed by atoms with Gasteiger partial charge in [-0.3, -0.25) is 10.1 Å². The minimum absolute atomic E-state index is 0.0449. The summed E-state index contributed by atoms with van der Waals surface area (Å²) in [5.74, 6) is -0.966. The van der Waals surface area contributed by atoms with Crippen molar-refractivity contribution in [3.8, 4) is 0 Å². The highest BCUT2D eigenvalue weighted by atomic mass is 32.2. The molecule has 160 valence electrons. The lowest BCUT2D eigenvalue weighted by Gasteiger charge is -2.19. The molecule has 0 aliphatic rings. The molecule has 0 bridgehead atoms. The smallest absolute Gasteiger partial charge is 0.411 e. The van der Waals surface area contributed by atoms with Crippen molar-refractivity contribution in [1.29, 1.82) is 0 Å². The van der Waals surface area contributed by atoms with Crippen molar-refractivity contribution in [1.82, 2.24) is 4.72 Å². The van der Waals surface area contributed by atoms with Gasteiger partial charge >= 0.3 is 12.1 Å². The molecule has 0 radical (unpaired) electrons. The van der Waals surface area contributed by atoms with Crippen LogP contribution >= 0.6 is 0 Å². The molecule has 0 aliphatic carbocycles. The number of fused-ring (bicyclic) bond motifs is 3. The first-order valence-corrected chi connectivity index (χ1v) is 10.6. The molecule has 9 nitrogen and oxygen atoms in total. The van der Waals surface area contributed by atoms with Gasteiger partial charge in [0.25, 0.3) is 0 Å². The SMILES string of the molecule is COC(=O)Nc1ccc2c(c1)oc1cc(S(=O)(=O)NC(C(=O)OC)C(C)C)ccc12. The van der Waals surface area contributed by atoms with Crippen LogP contribution in [0.25, 0.3) is 21.9 Å². The van der Waals surface area contributed by atoms with Crippen LogP contribution < -0.4 is 10.0 Å². The van der Waals surface area contributed by atoms with Crippen LogP contribution in [0, 0.1) is 5.92 Å². The summed E-state index contributed by atoms with van der Waals surface area (Å²) in [6.45, 7) is 3.43. The second kappa shape index (κ2) is 8.33. The highest BCUT2D eigenvalue weighted by Crippen LogP contribution is 2.32. The summed E-state index contributed by atoms with van der Waals surface area (Å²) in [7, 11) is -1.54. The van der Waals surface area contributed by atoms with Gasteiger partial charge < -0.3 is 13.9 Å². The number of methoxy groups -OCH3 is 2. The summed E-state index contributed by atoms with van der Waals surface area (Å²) in [5.41, 5.74) is 1.29. The molecule has 0 saturated carbocycles. The van der Waals surface area contributed by atoms with Crippen molar-refractivity contribution in [3.63, 3.8) is 0 Å². The van der Waals surface area contributed by atoms with Gasteiger partial charge in [-0.1, -0.05) is 13.8 Å². The van der Waals surface area contributed by atoms with E-state index in [4.69, 9.17) is 4.42 Å². The third-order valence-corrected chi connectivity index (χ3v) is 6.03. The predicted octanol–water partition coefficient (Wildman–Crippen LogP) is 3.24. The van der Waals surface area contributed by atoms with Gasteiger partial charge in [-0.05, 0) is 30.2 Å². The van der Waals surface area contributed by atoms with Crippen LogP contribution in [0.2, 0.25) is 0 Å². The Balaban J connectivity index is 1.98. The van der Waals surface area contributed by atoms with Gasteiger partial charge in [0, 0.05) is 28.6 Å². The third-order valence-electron chi connectivity index (χ3n) is 4.59. The largest absolute Gasteiger partial charge is 0.468 e. The average Bonchev–Trinajstić information content (AvgIpc) is 3.08. The van der Waals surface area contributed by atoms with E-state index in [1.807, 2.05) is 0 Å². The molecule has 0 fully saturated rings. The van der Waals surface area contributed by atoms with Crippen LogP contribution in [-0.2, 0) is 24.3 Å². The summed E-state index contributed by atoms with van der Waals surface area (Å²) in [4.78, 5) is 23.3. The van der Waals surface area contributed by atoms with Crippen LogP contribution in [0.5, 0.6) is 0 Å². The number of hydrogen-bond donors (Lipinski definition) is 2. The van der Waals surface area contributed by atoms with Gasteiger partial charge in [0.05, 0.1) is 19.1 Å². The Morgan fingerprint density at radius 1 is 0.967 bits per heavy atom. The van der Waals surface area contributed by atoms with E-state index in [9.17, 15) is 18.0 Å². The maximum Gasteiger partial charge on any atom is 0.411 e. The number of nitrogens with one attached hydrogen (secondary N) is 2. The number of sulfonamides is 1. The molecule has 3 aromatic rings. The first-order valence-electron chi connectivity index (χ1n) is 9.07. The van der Waals surface area contributed by atoms with Crippen molar-refractivity contribution in [3.05, 3.63) is 36.4 Å². The van der Waals surface area contributed by atoms with E-state index in [1.54, 1.807) is 38.1 Å². The van der Waals surface area contributed by atoms with Crippen LogP contribution in [0.1, 0.15) is 13.8 Å². The molecular weight excluding hydrogens is 412 g/mol. The second-order valence-electron chi connectivity index (χ2n) is 6.95. The third kappa shape index (κ3) is 4.24. The summed E-state index contributed by atoms with van der Waals surface area (Å²) < 4.78 is 43.1. The molecule has 1 aromatic heterocycles. The fourth-order valence-electron chi connectivity index (χ4n) is 2.99. The zero-order chi connectivity index (χ0) is 22.1. The molecule has 1 amide bonds. The Morgan fingerprint density at radius 2 is 1.60 bits per heavy atom. The normalized spacial score (nSPS) is 12.8. The predicted molar refractivity (Wildman–Crippen MR) is 111 cm³/mol. The summed E-state index contributed by atoms with van der Waals surface area (Å²) >= 11 is 0. The Morgan fingerprint density at radius 3 is 2.20 bits per heavy atom. The van der Waals surface area contributed by atoms with E-state index in [2.05, 4.69) is 19.5 Å². The first-order chi connectivity index (χ1) is 14.2. The van der Waals surface area contributed by atoms with E-state index in [-0.39, 0.29) is 10.8 Å². The van der Waals surface area contributed by atoms with E-state index in [1.165, 1.54) is 26.4 Å². The topological polar surface area (TPSA) is 124 Å². The summed E-state index contributed by atoms with van der Waals surface area (Å²) in [6.07, 6.45) is -0.616. The molecule has 3 rings (SSSR count). The zero-order valence-corrected chi connectivity index (χ0v) is 17.7. The number of ether oxygens (including phenoxy) is 2. The number of amides is 1. The number of carbonyl (C=O) groups is 2. The standard InChI is InChI=1S/C20H22N2O7S/c1-11(2)18(19(23)27-3)22-30(25,26)13-6-8-15-14-7-5-12(21-20(24)28-4)9-16(14)29-17(15)10-13/h5-11,18,22H,1-4H3,(H,21,24). The average molecular weight is 434 g/mol. The van der Waals surface area contributed by atoms with Crippen LogP contribution in [-0.4, -0.2) is 40.7 Å². The summed E-state index contributed by atoms with van der Waals surface area (Å²) in [6, 6.07) is 8.50. The highest BCUT2D eigenvalue weighted by molar-refractivity contribution is 7.89. The van der Waals surface area contributed by atoms with Gasteiger partial charge in [-0.25, -0.2) is 13.2 Å². The van der Waals surface area contributed by atoms with Crippen molar-refractivity contribution >= 4 is 49.7 Å². The lowest BCUT2D eigenvalue weighted by molar-refractivity contribution is -0.143. The van der Waals surface area contributed by atoms with Gasteiger partial charge in [-0.15, -0.1) is 0 Å². The van der Waals surface area contributed by atoms with Gasteiger partial charge in [0.2, 0.25) is 10.0 Å². The van der Waals surface area contributed by atoms with Crippen LogP contribution in [0.15, 0.2) is 45.7 Å². The molecule has 1 unspecified atom stereocenters. The van der Waals surface area contributed by atoms with Gasteiger partial charge in [0.1, 0.15) is 17.2 Å². The molecule has 0 aliphatic heterocycles. The molecule has 10 heteroatoms. The molecule has 2 aromatic carbocycles. The maximum absolute atomic E-state index is 12.8. The quantitative estimate of drug-likeness (QED) is 0.571. The highest BCUT2D eigenvalue weighted by Gasteiger charge is 2.29. The number of furan rings is 1. The van der Waals surface area contributed by atoms with E-state index in [0.717, 1.165) is 5.39 Å². The van der Waals surface area contributed by atoms with Gasteiger partial charge in [-0.2, -0.15) is 4.72 Å². The molecule has 1 heterocycles. The van der Waals surface area contributed by atoms with Crippen molar-refractivity contribution < 1.29 is 31.9 Å². The second-order valence-corrected chi connectivity index (χ2v) is 8.67. The number of esters is 1. The number of anilines is 1. The van der Waals surface area contributed by atoms with Crippen molar-refractivity contribution in [2.75, 3.05) is 19.5 Å². The number of hydrogen-bond acceptors (Lipinski definition) is 7. The van der Waals surface area contributed by atoms with E-state index >= 15 is 0 Å². The van der Waals surface area contributed by atoms with Crippen LogP contribution in [0.3, 0.4) is 0 Å². The molecular formula is C20H22N2O7S. The molecule has 0 spiro atoms. The molecule has 30 heavy (non-hydrogen) atoms. The van der Waals surface area contributed by atoms with E-state index in [0.29, 0.717) is 22.2 Å². The van der Waals surface area contributed by atoms with Gasteiger partial charge in [0.15, 0.2) is 0 Å². The maximum atomic E-state index is 12.8. The number of carbonyl (C=O) groups excluding carboxylic acids is 2. The minimum atomic E-state index is -4.00. The lowest BCUT2D eigenvalue weighted by Crippen LogP contribution is -2.44. The zero-order valence-electron chi connectivity index (χ0n) is 16.9. The molecule has 0 saturated heterocycles. The Bertz CT molecular complexity index is 1210. The molecule has 1 atom stereocenters. The Labute approximate surface area is 173 Å². The summed E-state index contributed by atoms with van der Waals surface area (Å²) in [5, 5.41) is 4.01. The minimum Gasteiger partial charge on any atom is -0.468 e. The fraction of sp³-hybridized carbons (Fsp3) is 0.300. The molecule has 2 N–H and O–H groups in total. The van der Waals surface area contributed by atoms with Crippen molar-refractivity contribution in [2.45, 2.75) is 24.8 Å². The lowest BCUT2D eigenvalue weighted by atomic mass is 10.1. The fourth-order valence-corrected chi connectivity index (χ4v) is 4.34. The first kappa shape index (κ1) is 21.6. The van der Waals surface area contributed by atoms with E-state index < -0.39 is 28.1 Å². The number of rotatable bonds is 6. The van der Waals surface area contributed by atoms with Crippen LogP contribution in [0.4, 0.5) is 10.5 Å². The van der Waals surface area contributed by atoms with Crippen molar-refractivity contribution in [2.24, 2.45) is 5.92 Å². The number of benzene rings is 2. The Kier molecular flexibility index (Phi) is 5.99.